The summed E-state index contributed by atoms with van der Waals surface area (Å²) < 4.78 is 0. The molecule has 0 heterocycles. The first-order valence-electron chi connectivity index (χ1n) is 9.84. The number of hydrogen-bond acceptors (Lipinski definition) is 3. The van der Waals surface area contributed by atoms with Gasteiger partial charge >= 0.3 is 0 Å². The number of nitrogens with one attached hydrogen (secondary N) is 1. The standard InChI is InChI=1S/C23H27NO2S/c25-22(18-10-5-4-6-11-18)17-27-21-15-9-12-19(16-21)23(26)24-20-13-7-2-1-3-8-14-20/h4-6,9-12,15-16,20H,1-3,7-8,13-14,17H2,(H,24,26). The van der Waals surface area contributed by atoms with Gasteiger partial charge in [0.2, 0.25) is 0 Å². The van der Waals surface area contributed by atoms with E-state index in [1.165, 1.54) is 43.9 Å². The topological polar surface area (TPSA) is 46.2 Å². The Balaban J connectivity index is 1.56. The third kappa shape index (κ3) is 6.24. The van der Waals surface area contributed by atoms with Gasteiger partial charge in [-0.05, 0) is 31.0 Å². The average molecular weight is 382 g/mol. The van der Waals surface area contributed by atoms with Gasteiger partial charge in [0.05, 0.1) is 5.75 Å². The number of carbonyl (C=O) groups excluding carboxylic acids is 2. The molecule has 142 valence electrons. The SMILES string of the molecule is O=C(CSc1cccc(C(=O)NC2CCCCCCC2)c1)c1ccccc1. The highest BCUT2D eigenvalue weighted by molar-refractivity contribution is 8.00. The van der Waals surface area contributed by atoms with E-state index in [0.717, 1.165) is 23.3 Å². The van der Waals surface area contributed by atoms with E-state index in [-0.39, 0.29) is 17.7 Å². The summed E-state index contributed by atoms with van der Waals surface area (Å²) in [7, 11) is 0. The van der Waals surface area contributed by atoms with Crippen LogP contribution in [0.25, 0.3) is 0 Å². The molecule has 2 aromatic rings. The van der Waals surface area contributed by atoms with E-state index in [9.17, 15) is 9.59 Å². The van der Waals surface area contributed by atoms with Gasteiger partial charge in [-0.3, -0.25) is 9.59 Å². The van der Waals surface area contributed by atoms with E-state index in [2.05, 4.69) is 5.32 Å². The van der Waals surface area contributed by atoms with Crippen molar-refractivity contribution in [1.29, 1.82) is 0 Å². The molecule has 1 saturated carbocycles. The van der Waals surface area contributed by atoms with Gasteiger partial charge in [0.1, 0.15) is 0 Å². The number of ketones is 1. The van der Waals surface area contributed by atoms with Crippen LogP contribution in [0.4, 0.5) is 0 Å². The number of thioether (sulfide) groups is 1. The Morgan fingerprint density at radius 1 is 0.852 bits per heavy atom. The van der Waals surface area contributed by atoms with Gasteiger partial charge in [0.15, 0.2) is 5.78 Å². The van der Waals surface area contributed by atoms with E-state index < -0.39 is 0 Å². The van der Waals surface area contributed by atoms with Crippen molar-refractivity contribution < 1.29 is 9.59 Å². The average Bonchev–Trinajstić information content (AvgIpc) is 2.69. The molecule has 4 heteroatoms. The normalized spacial score (nSPS) is 15.6. The number of amides is 1. The summed E-state index contributed by atoms with van der Waals surface area (Å²) in [6.45, 7) is 0. The molecule has 1 fully saturated rings. The molecular formula is C23H27NO2S. The zero-order chi connectivity index (χ0) is 18.9. The maximum atomic E-state index is 12.6. The van der Waals surface area contributed by atoms with Crippen molar-refractivity contribution in [2.75, 3.05) is 5.75 Å². The molecule has 0 aromatic heterocycles. The summed E-state index contributed by atoms with van der Waals surface area (Å²) in [5.41, 5.74) is 1.40. The van der Waals surface area contributed by atoms with Gasteiger partial charge in [-0.15, -0.1) is 11.8 Å². The van der Waals surface area contributed by atoms with E-state index in [1.54, 1.807) is 0 Å². The van der Waals surface area contributed by atoms with Crippen LogP contribution >= 0.6 is 11.8 Å². The summed E-state index contributed by atoms with van der Waals surface area (Å²) in [6.07, 6.45) is 8.41. The molecule has 27 heavy (non-hydrogen) atoms. The smallest absolute Gasteiger partial charge is 0.251 e. The molecule has 1 aliphatic rings. The minimum Gasteiger partial charge on any atom is -0.349 e. The molecule has 0 aliphatic heterocycles. The molecule has 3 nitrogen and oxygen atoms in total. The molecule has 0 atom stereocenters. The maximum Gasteiger partial charge on any atom is 0.251 e. The molecule has 0 bridgehead atoms. The Morgan fingerprint density at radius 2 is 1.52 bits per heavy atom. The lowest BCUT2D eigenvalue weighted by Crippen LogP contribution is -2.35. The Hall–Kier alpha value is -2.07. The first kappa shape index (κ1) is 19.7. The third-order valence-corrected chi connectivity index (χ3v) is 6.00. The second kappa shape index (κ2) is 10.3. The predicted molar refractivity (Wildman–Crippen MR) is 112 cm³/mol. The minimum absolute atomic E-state index is 0.00240. The number of Topliss-reactive ketones (excluding diaryl/α,β-unsaturated/α-hetero) is 1. The first-order valence-corrected chi connectivity index (χ1v) is 10.8. The zero-order valence-corrected chi connectivity index (χ0v) is 16.5. The molecule has 0 unspecified atom stereocenters. The lowest BCUT2D eigenvalue weighted by molar-refractivity contribution is 0.0929. The fourth-order valence-electron chi connectivity index (χ4n) is 3.45. The third-order valence-electron chi connectivity index (χ3n) is 5.00. The monoisotopic (exact) mass is 381 g/mol. The van der Waals surface area contributed by atoms with E-state index in [0.29, 0.717) is 11.3 Å². The van der Waals surface area contributed by atoms with E-state index >= 15 is 0 Å². The highest BCUT2D eigenvalue weighted by Gasteiger charge is 2.15. The highest BCUT2D eigenvalue weighted by atomic mass is 32.2. The summed E-state index contributed by atoms with van der Waals surface area (Å²) in [5, 5.41) is 3.21. The van der Waals surface area contributed by atoms with E-state index in [4.69, 9.17) is 0 Å². The largest absolute Gasteiger partial charge is 0.349 e. The summed E-state index contributed by atoms with van der Waals surface area (Å²) in [5.74, 6) is 0.472. The van der Waals surface area contributed by atoms with Crippen molar-refractivity contribution in [2.24, 2.45) is 0 Å². The lowest BCUT2D eigenvalue weighted by Gasteiger charge is -2.21. The van der Waals surface area contributed by atoms with Crippen molar-refractivity contribution in [3.8, 4) is 0 Å². The molecule has 1 aliphatic carbocycles. The van der Waals surface area contributed by atoms with Gasteiger partial charge in [0.25, 0.3) is 5.91 Å². The van der Waals surface area contributed by atoms with Crippen LogP contribution in [0.15, 0.2) is 59.5 Å². The van der Waals surface area contributed by atoms with Crippen LogP contribution in [-0.4, -0.2) is 23.5 Å². The van der Waals surface area contributed by atoms with Gasteiger partial charge in [0, 0.05) is 22.1 Å². The first-order chi connectivity index (χ1) is 13.2. The fourth-order valence-corrected chi connectivity index (χ4v) is 4.30. The number of carbonyl (C=O) groups is 2. The van der Waals surface area contributed by atoms with Gasteiger partial charge in [-0.1, -0.05) is 68.5 Å². The van der Waals surface area contributed by atoms with Gasteiger partial charge in [-0.25, -0.2) is 0 Å². The van der Waals surface area contributed by atoms with Crippen molar-refractivity contribution in [3.05, 3.63) is 65.7 Å². The van der Waals surface area contributed by atoms with Gasteiger partial charge in [-0.2, -0.15) is 0 Å². The number of hydrogen-bond donors (Lipinski definition) is 1. The van der Waals surface area contributed by atoms with E-state index in [1.807, 2.05) is 54.6 Å². The van der Waals surface area contributed by atoms with Crippen LogP contribution < -0.4 is 5.32 Å². The second-order valence-corrected chi connectivity index (χ2v) is 8.17. The predicted octanol–water partition coefficient (Wildman–Crippen LogP) is 5.50. The molecule has 1 amide bonds. The summed E-state index contributed by atoms with van der Waals surface area (Å²) in [4.78, 5) is 25.8. The van der Waals surface area contributed by atoms with Crippen molar-refractivity contribution in [2.45, 2.75) is 55.9 Å². The van der Waals surface area contributed by atoms with Crippen LogP contribution in [0, 0.1) is 0 Å². The second-order valence-electron chi connectivity index (χ2n) is 7.12. The molecule has 0 saturated heterocycles. The summed E-state index contributed by atoms with van der Waals surface area (Å²) in [6, 6.07) is 17.2. The quantitative estimate of drug-likeness (QED) is 0.530. The Bertz CT molecular complexity index is 752. The molecule has 0 radical (unpaired) electrons. The zero-order valence-electron chi connectivity index (χ0n) is 15.7. The van der Waals surface area contributed by atoms with Crippen LogP contribution in [-0.2, 0) is 0 Å². The maximum absolute atomic E-state index is 12.6. The highest BCUT2D eigenvalue weighted by Crippen LogP contribution is 2.22. The van der Waals surface area contributed by atoms with Crippen LogP contribution in [0.3, 0.4) is 0 Å². The molecule has 3 rings (SSSR count). The number of benzene rings is 2. The van der Waals surface area contributed by atoms with Crippen LogP contribution in [0.5, 0.6) is 0 Å². The fraction of sp³-hybridized carbons (Fsp3) is 0.391. The van der Waals surface area contributed by atoms with Crippen molar-refractivity contribution in [1.82, 2.24) is 5.32 Å². The van der Waals surface area contributed by atoms with Crippen LogP contribution in [0.2, 0.25) is 0 Å². The van der Waals surface area contributed by atoms with Crippen molar-refractivity contribution in [3.63, 3.8) is 0 Å². The molecule has 1 N–H and O–H groups in total. The molecular weight excluding hydrogens is 354 g/mol. The van der Waals surface area contributed by atoms with Crippen molar-refractivity contribution >= 4 is 23.5 Å². The Labute approximate surface area is 165 Å². The number of rotatable bonds is 6. The van der Waals surface area contributed by atoms with Gasteiger partial charge < -0.3 is 5.32 Å². The lowest BCUT2D eigenvalue weighted by atomic mass is 9.96. The summed E-state index contributed by atoms with van der Waals surface area (Å²) >= 11 is 1.48. The minimum atomic E-state index is -0.00240. The molecule has 0 spiro atoms. The van der Waals surface area contributed by atoms with Crippen LogP contribution in [0.1, 0.15) is 65.7 Å². The molecule has 2 aromatic carbocycles. The Kier molecular flexibility index (Phi) is 7.52. The Morgan fingerprint density at radius 3 is 2.26 bits per heavy atom.